The molecule has 0 saturated carbocycles. The molecule has 0 aromatic carbocycles. The van der Waals surface area contributed by atoms with Crippen molar-refractivity contribution in [2.45, 2.75) is 12.5 Å². The van der Waals surface area contributed by atoms with Crippen LogP contribution in [0, 0.1) is 0 Å². The van der Waals surface area contributed by atoms with Crippen LogP contribution in [0.3, 0.4) is 0 Å². The van der Waals surface area contributed by atoms with Crippen LogP contribution in [0.4, 0.5) is 0 Å². The lowest BCUT2D eigenvalue weighted by atomic mass is 10.1. The zero-order valence-corrected chi connectivity index (χ0v) is 11.5. The Labute approximate surface area is 113 Å². The summed E-state index contributed by atoms with van der Waals surface area (Å²) in [5.74, 6) is -0.386. The molecular weight excluding hydrogens is 244 g/mol. The molecule has 2 N–H and O–H groups in total. The Morgan fingerprint density at radius 3 is 2.58 bits per heavy atom. The first-order valence-corrected chi connectivity index (χ1v) is 6.01. The van der Waals surface area contributed by atoms with Gasteiger partial charge in [0.1, 0.15) is 0 Å². The summed E-state index contributed by atoms with van der Waals surface area (Å²) >= 11 is 0. The molecule has 1 aromatic rings. The van der Waals surface area contributed by atoms with Crippen molar-refractivity contribution < 1.29 is 9.59 Å². The number of hydrogen-bond donors (Lipinski definition) is 1. The Bertz CT molecular complexity index is 434. The third kappa shape index (κ3) is 4.67. The maximum atomic E-state index is 12.0. The molecule has 19 heavy (non-hydrogen) atoms. The Morgan fingerprint density at radius 2 is 2.05 bits per heavy atom. The van der Waals surface area contributed by atoms with Gasteiger partial charge in [-0.3, -0.25) is 14.6 Å². The number of nitrogens with zero attached hydrogens (tertiary/aromatic N) is 3. The standard InChI is InChI=1S/C13H20N4O2/c1-16(2)12(18)9-17(3)13(19)11(14)7-10-5-4-6-15-8-10/h4-6,8,11H,7,9,14H2,1-3H3/t11-/m0/s1. The largest absolute Gasteiger partial charge is 0.347 e. The van der Waals surface area contributed by atoms with Crippen molar-refractivity contribution in [3.63, 3.8) is 0 Å². The zero-order valence-electron chi connectivity index (χ0n) is 11.5. The third-order valence-electron chi connectivity index (χ3n) is 2.74. The number of likely N-dealkylation sites (N-methyl/N-ethyl adjacent to an activating group) is 2. The van der Waals surface area contributed by atoms with Gasteiger partial charge in [-0.1, -0.05) is 6.07 Å². The Hall–Kier alpha value is -1.95. The number of aromatic nitrogens is 1. The molecule has 6 heteroatoms. The molecule has 0 saturated heterocycles. The van der Waals surface area contributed by atoms with Gasteiger partial charge in [-0.05, 0) is 18.1 Å². The van der Waals surface area contributed by atoms with E-state index in [9.17, 15) is 9.59 Å². The van der Waals surface area contributed by atoms with Crippen LogP contribution < -0.4 is 5.73 Å². The lowest BCUT2D eigenvalue weighted by molar-refractivity contribution is -0.138. The van der Waals surface area contributed by atoms with E-state index < -0.39 is 6.04 Å². The van der Waals surface area contributed by atoms with Crippen molar-refractivity contribution in [3.8, 4) is 0 Å². The number of carbonyl (C=O) groups excluding carboxylic acids is 2. The maximum Gasteiger partial charge on any atom is 0.241 e. The molecule has 104 valence electrons. The van der Waals surface area contributed by atoms with Gasteiger partial charge < -0.3 is 15.5 Å². The van der Waals surface area contributed by atoms with E-state index in [1.165, 1.54) is 9.80 Å². The normalized spacial score (nSPS) is 11.8. The van der Waals surface area contributed by atoms with Gasteiger partial charge in [0.15, 0.2) is 0 Å². The summed E-state index contributed by atoms with van der Waals surface area (Å²) in [4.78, 5) is 30.3. The van der Waals surface area contributed by atoms with E-state index in [-0.39, 0.29) is 18.4 Å². The summed E-state index contributed by atoms with van der Waals surface area (Å²) in [6.07, 6.45) is 3.75. The molecule has 1 rings (SSSR count). The van der Waals surface area contributed by atoms with Gasteiger partial charge in [-0.15, -0.1) is 0 Å². The Morgan fingerprint density at radius 1 is 1.37 bits per heavy atom. The fourth-order valence-corrected chi connectivity index (χ4v) is 1.57. The first-order chi connectivity index (χ1) is 8.91. The van der Waals surface area contributed by atoms with E-state index in [1.807, 2.05) is 6.07 Å². The summed E-state index contributed by atoms with van der Waals surface area (Å²) < 4.78 is 0. The molecule has 0 aliphatic rings. The minimum absolute atomic E-state index is 0.0343. The molecule has 1 atom stereocenters. The van der Waals surface area contributed by atoms with Gasteiger partial charge in [0.2, 0.25) is 11.8 Å². The molecule has 0 unspecified atom stereocenters. The highest BCUT2D eigenvalue weighted by Gasteiger charge is 2.20. The molecule has 1 aromatic heterocycles. The topological polar surface area (TPSA) is 79.5 Å². The second-order valence-corrected chi connectivity index (χ2v) is 4.65. The van der Waals surface area contributed by atoms with Gasteiger partial charge in [0, 0.05) is 33.5 Å². The predicted molar refractivity (Wildman–Crippen MR) is 72.2 cm³/mol. The van der Waals surface area contributed by atoms with Gasteiger partial charge in [0.05, 0.1) is 12.6 Å². The number of nitrogens with two attached hydrogens (primary N) is 1. The molecule has 1 heterocycles. The second kappa shape index (κ2) is 6.84. The Balaban J connectivity index is 2.54. The lowest BCUT2D eigenvalue weighted by Crippen LogP contribution is -2.46. The molecule has 0 fully saturated rings. The van der Waals surface area contributed by atoms with Gasteiger partial charge >= 0.3 is 0 Å². The molecule has 0 aliphatic heterocycles. The van der Waals surface area contributed by atoms with Crippen molar-refractivity contribution in [3.05, 3.63) is 30.1 Å². The fourth-order valence-electron chi connectivity index (χ4n) is 1.57. The molecule has 6 nitrogen and oxygen atoms in total. The summed E-state index contributed by atoms with van der Waals surface area (Å²) in [6.45, 7) is 0.0343. The quantitative estimate of drug-likeness (QED) is 0.777. The number of hydrogen-bond acceptors (Lipinski definition) is 4. The third-order valence-corrected chi connectivity index (χ3v) is 2.74. The van der Waals surface area contributed by atoms with E-state index in [1.54, 1.807) is 39.6 Å². The summed E-state index contributed by atoms with van der Waals surface area (Å²) in [5.41, 5.74) is 6.76. The van der Waals surface area contributed by atoms with E-state index >= 15 is 0 Å². The number of pyridine rings is 1. The molecule has 0 bridgehead atoms. The van der Waals surface area contributed by atoms with E-state index in [0.29, 0.717) is 6.42 Å². The zero-order chi connectivity index (χ0) is 14.4. The van der Waals surface area contributed by atoms with Gasteiger partial charge in [-0.25, -0.2) is 0 Å². The summed E-state index contributed by atoms with van der Waals surface area (Å²) in [7, 11) is 4.87. The van der Waals surface area contributed by atoms with Crippen LogP contribution in [0.15, 0.2) is 24.5 Å². The molecule has 2 amide bonds. The van der Waals surface area contributed by atoms with Crippen molar-refractivity contribution in [1.82, 2.24) is 14.8 Å². The summed E-state index contributed by atoms with van der Waals surface area (Å²) in [6, 6.07) is 3.00. The predicted octanol–water partition coefficient (Wildman–Crippen LogP) is -0.502. The first kappa shape index (κ1) is 15.1. The summed E-state index contributed by atoms with van der Waals surface area (Å²) in [5, 5.41) is 0. The van der Waals surface area contributed by atoms with Crippen LogP contribution in [-0.2, 0) is 16.0 Å². The number of amides is 2. The van der Waals surface area contributed by atoms with E-state index in [0.717, 1.165) is 5.56 Å². The Kier molecular flexibility index (Phi) is 5.44. The molecule has 0 aliphatic carbocycles. The average Bonchev–Trinajstić information content (AvgIpc) is 2.38. The van der Waals surface area contributed by atoms with E-state index in [4.69, 9.17) is 5.73 Å². The monoisotopic (exact) mass is 264 g/mol. The average molecular weight is 264 g/mol. The van der Waals surface area contributed by atoms with Crippen molar-refractivity contribution in [2.75, 3.05) is 27.7 Å². The minimum Gasteiger partial charge on any atom is -0.347 e. The van der Waals surface area contributed by atoms with Crippen molar-refractivity contribution in [1.29, 1.82) is 0 Å². The highest BCUT2D eigenvalue weighted by Crippen LogP contribution is 2.02. The van der Waals surface area contributed by atoms with Crippen LogP contribution in [0.25, 0.3) is 0 Å². The number of carbonyl (C=O) groups is 2. The van der Waals surface area contributed by atoms with Crippen LogP contribution in [0.2, 0.25) is 0 Å². The molecule has 0 spiro atoms. The first-order valence-electron chi connectivity index (χ1n) is 6.01. The minimum atomic E-state index is -0.663. The van der Waals surface area contributed by atoms with Crippen molar-refractivity contribution >= 4 is 11.8 Å². The van der Waals surface area contributed by atoms with Crippen LogP contribution >= 0.6 is 0 Å². The lowest BCUT2D eigenvalue weighted by Gasteiger charge is -2.22. The van der Waals surface area contributed by atoms with Crippen LogP contribution in [0.1, 0.15) is 5.56 Å². The van der Waals surface area contributed by atoms with Crippen LogP contribution in [0.5, 0.6) is 0 Å². The number of rotatable bonds is 5. The fraction of sp³-hybridized carbons (Fsp3) is 0.462. The second-order valence-electron chi connectivity index (χ2n) is 4.65. The maximum absolute atomic E-state index is 12.0. The van der Waals surface area contributed by atoms with Crippen molar-refractivity contribution in [2.24, 2.45) is 5.73 Å². The molecular formula is C13H20N4O2. The molecule has 0 radical (unpaired) electrons. The smallest absolute Gasteiger partial charge is 0.241 e. The van der Waals surface area contributed by atoms with E-state index in [2.05, 4.69) is 4.98 Å². The SMILES string of the molecule is CN(C)C(=O)CN(C)C(=O)[C@@H](N)Cc1cccnc1. The van der Waals surface area contributed by atoms with Gasteiger partial charge in [0.25, 0.3) is 0 Å². The van der Waals surface area contributed by atoms with Gasteiger partial charge in [-0.2, -0.15) is 0 Å². The highest BCUT2D eigenvalue weighted by molar-refractivity contribution is 5.87. The van der Waals surface area contributed by atoms with Crippen LogP contribution in [-0.4, -0.2) is 60.3 Å². The highest BCUT2D eigenvalue weighted by atomic mass is 16.2.